The van der Waals surface area contributed by atoms with Gasteiger partial charge in [-0.2, -0.15) is 5.10 Å². The summed E-state index contributed by atoms with van der Waals surface area (Å²) < 4.78 is 1.95. The molecule has 0 saturated carbocycles. The van der Waals surface area contributed by atoms with Gasteiger partial charge in [-0.15, -0.1) is 0 Å². The molecule has 94 valence electrons. The number of hydrogen-bond donors (Lipinski definition) is 1. The summed E-state index contributed by atoms with van der Waals surface area (Å²) in [6, 6.07) is 10.3. The van der Waals surface area contributed by atoms with E-state index in [-0.39, 0.29) is 5.41 Å². The predicted octanol–water partition coefficient (Wildman–Crippen LogP) is 2.74. The highest BCUT2D eigenvalue weighted by Crippen LogP contribution is 2.41. The third-order valence-electron chi connectivity index (χ3n) is 3.90. The lowest BCUT2D eigenvalue weighted by atomic mass is 9.87. The number of hydrogen-bond acceptors (Lipinski definition) is 2. The monoisotopic (exact) mass is 241 g/mol. The van der Waals surface area contributed by atoms with E-state index in [9.17, 15) is 0 Å². The number of rotatable bonds is 2. The van der Waals surface area contributed by atoms with Crippen LogP contribution in [0.5, 0.6) is 0 Å². The van der Waals surface area contributed by atoms with Crippen molar-refractivity contribution < 1.29 is 0 Å². The highest BCUT2D eigenvalue weighted by atomic mass is 15.3. The second-order valence-corrected chi connectivity index (χ2v) is 5.73. The van der Waals surface area contributed by atoms with Gasteiger partial charge in [-0.3, -0.25) is 0 Å². The summed E-state index contributed by atoms with van der Waals surface area (Å²) in [5.41, 5.74) is 10.1. The quantitative estimate of drug-likeness (QED) is 0.878. The van der Waals surface area contributed by atoms with E-state index in [2.05, 4.69) is 31.1 Å². The standard InChI is InChI=1S/C15H19N3/c1-15(2)9-8-12-13(15)14(16)18(17-12)10-11-6-4-3-5-7-11/h3-7H,8-10,16H2,1-2H3. The van der Waals surface area contributed by atoms with E-state index in [1.54, 1.807) is 0 Å². The summed E-state index contributed by atoms with van der Waals surface area (Å²) >= 11 is 0. The number of fused-ring (bicyclic) bond motifs is 1. The molecule has 1 aromatic carbocycles. The minimum Gasteiger partial charge on any atom is -0.384 e. The third kappa shape index (κ3) is 1.70. The van der Waals surface area contributed by atoms with Crippen molar-refractivity contribution in [2.75, 3.05) is 5.73 Å². The molecular formula is C15H19N3. The molecule has 3 nitrogen and oxygen atoms in total. The van der Waals surface area contributed by atoms with Crippen LogP contribution in [0, 0.1) is 0 Å². The lowest BCUT2D eigenvalue weighted by Gasteiger charge is -2.18. The highest BCUT2D eigenvalue weighted by molar-refractivity contribution is 5.51. The molecule has 1 heterocycles. The van der Waals surface area contributed by atoms with Crippen molar-refractivity contribution in [2.45, 2.75) is 38.6 Å². The molecule has 0 amide bonds. The zero-order valence-corrected chi connectivity index (χ0v) is 11.0. The Labute approximate surface area is 108 Å². The van der Waals surface area contributed by atoms with Crippen LogP contribution >= 0.6 is 0 Å². The van der Waals surface area contributed by atoms with E-state index in [4.69, 9.17) is 5.73 Å². The van der Waals surface area contributed by atoms with Crippen LogP contribution in [0.2, 0.25) is 0 Å². The fourth-order valence-electron chi connectivity index (χ4n) is 2.87. The molecule has 0 spiro atoms. The van der Waals surface area contributed by atoms with Crippen molar-refractivity contribution >= 4 is 5.82 Å². The molecule has 3 rings (SSSR count). The highest BCUT2D eigenvalue weighted by Gasteiger charge is 2.35. The Morgan fingerprint density at radius 3 is 2.67 bits per heavy atom. The van der Waals surface area contributed by atoms with Crippen LogP contribution in [-0.4, -0.2) is 9.78 Å². The Hall–Kier alpha value is -1.77. The van der Waals surface area contributed by atoms with E-state index in [1.807, 2.05) is 22.9 Å². The average molecular weight is 241 g/mol. The Balaban J connectivity index is 1.97. The van der Waals surface area contributed by atoms with E-state index in [0.717, 1.165) is 25.2 Å². The molecule has 0 unspecified atom stereocenters. The van der Waals surface area contributed by atoms with Gasteiger partial charge in [-0.25, -0.2) is 4.68 Å². The molecule has 0 radical (unpaired) electrons. The molecule has 0 saturated heterocycles. The molecule has 1 aromatic heterocycles. The van der Waals surface area contributed by atoms with E-state index in [1.165, 1.54) is 16.8 Å². The molecule has 2 N–H and O–H groups in total. The summed E-state index contributed by atoms with van der Waals surface area (Å²) in [6.07, 6.45) is 2.20. The first-order chi connectivity index (χ1) is 8.58. The topological polar surface area (TPSA) is 43.8 Å². The summed E-state index contributed by atoms with van der Waals surface area (Å²) in [5.74, 6) is 0.844. The predicted molar refractivity (Wildman–Crippen MR) is 73.5 cm³/mol. The van der Waals surface area contributed by atoms with Gasteiger partial charge in [0, 0.05) is 5.56 Å². The Morgan fingerprint density at radius 1 is 1.28 bits per heavy atom. The van der Waals surface area contributed by atoms with Crippen molar-refractivity contribution in [3.05, 3.63) is 47.2 Å². The van der Waals surface area contributed by atoms with E-state index >= 15 is 0 Å². The summed E-state index contributed by atoms with van der Waals surface area (Å²) in [5, 5.41) is 4.67. The minimum absolute atomic E-state index is 0.175. The van der Waals surface area contributed by atoms with Crippen molar-refractivity contribution in [2.24, 2.45) is 0 Å². The second kappa shape index (κ2) is 3.87. The van der Waals surface area contributed by atoms with Crippen LogP contribution in [0.4, 0.5) is 5.82 Å². The smallest absolute Gasteiger partial charge is 0.126 e. The van der Waals surface area contributed by atoms with Gasteiger partial charge in [0.1, 0.15) is 5.82 Å². The van der Waals surface area contributed by atoms with Crippen LogP contribution in [0.25, 0.3) is 0 Å². The maximum absolute atomic E-state index is 6.28. The third-order valence-corrected chi connectivity index (χ3v) is 3.90. The van der Waals surface area contributed by atoms with Crippen molar-refractivity contribution in [1.82, 2.24) is 9.78 Å². The SMILES string of the molecule is CC1(C)CCc2nn(Cc3ccccc3)c(N)c21. The number of nitrogens with two attached hydrogens (primary N) is 1. The second-order valence-electron chi connectivity index (χ2n) is 5.73. The van der Waals surface area contributed by atoms with Gasteiger partial charge in [0.15, 0.2) is 0 Å². The molecule has 0 aliphatic heterocycles. The first-order valence-corrected chi connectivity index (χ1v) is 6.47. The maximum atomic E-state index is 6.28. The minimum atomic E-state index is 0.175. The number of nitrogens with zero attached hydrogens (tertiary/aromatic N) is 2. The average Bonchev–Trinajstić information content (AvgIpc) is 2.81. The van der Waals surface area contributed by atoms with Crippen LogP contribution in [0.1, 0.15) is 37.1 Å². The molecule has 0 bridgehead atoms. The number of aryl methyl sites for hydroxylation is 1. The largest absolute Gasteiger partial charge is 0.384 e. The molecular weight excluding hydrogens is 222 g/mol. The van der Waals surface area contributed by atoms with Gasteiger partial charge in [0.05, 0.1) is 12.2 Å². The first kappa shape index (κ1) is 11.3. The molecule has 0 fully saturated rings. The van der Waals surface area contributed by atoms with Crippen LogP contribution in [0.3, 0.4) is 0 Å². The lowest BCUT2D eigenvalue weighted by molar-refractivity contribution is 0.515. The van der Waals surface area contributed by atoms with Gasteiger partial charge in [0.25, 0.3) is 0 Å². The Kier molecular flexibility index (Phi) is 2.44. The van der Waals surface area contributed by atoms with Crippen molar-refractivity contribution in [3.63, 3.8) is 0 Å². The normalized spacial score (nSPS) is 16.8. The van der Waals surface area contributed by atoms with Crippen LogP contribution < -0.4 is 5.73 Å². The number of aromatic nitrogens is 2. The number of benzene rings is 1. The molecule has 1 aliphatic carbocycles. The lowest BCUT2D eigenvalue weighted by Crippen LogP contribution is -2.16. The molecule has 0 atom stereocenters. The van der Waals surface area contributed by atoms with Crippen LogP contribution in [0.15, 0.2) is 30.3 Å². The van der Waals surface area contributed by atoms with E-state index in [0.29, 0.717) is 0 Å². The summed E-state index contributed by atoms with van der Waals surface area (Å²) in [4.78, 5) is 0. The van der Waals surface area contributed by atoms with Gasteiger partial charge in [0.2, 0.25) is 0 Å². The molecule has 2 aromatic rings. The fraction of sp³-hybridized carbons (Fsp3) is 0.400. The Morgan fingerprint density at radius 2 is 2.00 bits per heavy atom. The van der Waals surface area contributed by atoms with Gasteiger partial charge in [-0.1, -0.05) is 44.2 Å². The van der Waals surface area contributed by atoms with Gasteiger partial charge < -0.3 is 5.73 Å². The maximum Gasteiger partial charge on any atom is 0.126 e. The van der Waals surface area contributed by atoms with Gasteiger partial charge >= 0.3 is 0 Å². The molecule has 18 heavy (non-hydrogen) atoms. The van der Waals surface area contributed by atoms with Gasteiger partial charge in [-0.05, 0) is 23.8 Å². The fourth-order valence-corrected chi connectivity index (χ4v) is 2.87. The van der Waals surface area contributed by atoms with Crippen molar-refractivity contribution in [1.29, 1.82) is 0 Å². The van der Waals surface area contributed by atoms with Crippen LogP contribution in [-0.2, 0) is 18.4 Å². The Bertz CT molecular complexity index is 567. The number of nitrogen functional groups attached to an aromatic ring is 1. The molecule has 3 heteroatoms. The number of anilines is 1. The summed E-state index contributed by atoms with van der Waals surface area (Å²) in [6.45, 7) is 5.27. The molecule has 1 aliphatic rings. The zero-order valence-electron chi connectivity index (χ0n) is 11.0. The zero-order chi connectivity index (χ0) is 12.8. The first-order valence-electron chi connectivity index (χ1n) is 6.47. The van der Waals surface area contributed by atoms with E-state index < -0.39 is 0 Å². The van der Waals surface area contributed by atoms with Crippen molar-refractivity contribution in [3.8, 4) is 0 Å². The summed E-state index contributed by atoms with van der Waals surface area (Å²) in [7, 11) is 0.